The number of hydrogen-bond donors (Lipinski definition) is 1. The first kappa shape index (κ1) is 19.3. The van der Waals surface area contributed by atoms with Gasteiger partial charge in [-0.1, -0.05) is 12.1 Å². The quantitative estimate of drug-likeness (QED) is 0.664. The maximum absolute atomic E-state index is 12.8. The van der Waals surface area contributed by atoms with Gasteiger partial charge in [-0.2, -0.15) is 13.2 Å². The molecule has 1 N–H and O–H groups in total. The van der Waals surface area contributed by atoms with Crippen molar-refractivity contribution in [3.05, 3.63) is 60.0 Å². The smallest absolute Gasteiger partial charge is 0.416 e. The van der Waals surface area contributed by atoms with Crippen LogP contribution >= 0.6 is 0 Å². The molecule has 2 aromatic heterocycles. The lowest BCUT2D eigenvalue weighted by atomic mass is 10.2. The first-order valence-electron chi connectivity index (χ1n) is 8.18. The van der Waals surface area contributed by atoms with Crippen LogP contribution in [-0.2, 0) is 24.1 Å². The van der Waals surface area contributed by atoms with Gasteiger partial charge in [0.05, 0.1) is 12.1 Å². The van der Waals surface area contributed by atoms with E-state index in [-0.39, 0.29) is 30.5 Å². The van der Waals surface area contributed by atoms with Crippen molar-refractivity contribution < 1.29 is 22.7 Å². The van der Waals surface area contributed by atoms with Gasteiger partial charge in [-0.15, -0.1) is 5.10 Å². The Morgan fingerprint density at radius 3 is 2.82 bits per heavy atom. The Morgan fingerprint density at radius 1 is 1.21 bits per heavy atom. The number of aryl methyl sites for hydroxylation is 1. The molecule has 0 bridgehead atoms. The Balaban J connectivity index is 1.62. The van der Waals surface area contributed by atoms with Gasteiger partial charge in [-0.25, -0.2) is 9.67 Å². The zero-order valence-electron chi connectivity index (χ0n) is 14.4. The highest BCUT2D eigenvalue weighted by Crippen LogP contribution is 2.32. The van der Waals surface area contributed by atoms with Gasteiger partial charge in [0.1, 0.15) is 12.1 Å². The summed E-state index contributed by atoms with van der Waals surface area (Å²) < 4.78 is 45.4. The highest BCUT2D eigenvalue weighted by molar-refractivity contribution is 5.75. The van der Waals surface area contributed by atoms with Crippen molar-refractivity contribution in [3.63, 3.8) is 0 Å². The lowest BCUT2D eigenvalue weighted by Gasteiger charge is -2.12. The number of carbonyl (C=O) groups is 1. The maximum atomic E-state index is 12.8. The molecule has 0 spiro atoms. The van der Waals surface area contributed by atoms with E-state index in [0.717, 1.165) is 12.1 Å². The van der Waals surface area contributed by atoms with Crippen LogP contribution < -0.4 is 10.1 Å². The van der Waals surface area contributed by atoms with E-state index in [4.69, 9.17) is 4.74 Å². The molecule has 0 aliphatic heterocycles. The Labute approximate surface area is 157 Å². The molecule has 0 saturated carbocycles. The van der Waals surface area contributed by atoms with E-state index in [1.165, 1.54) is 29.3 Å². The molecular formula is C17H15F3N6O2. The molecule has 28 heavy (non-hydrogen) atoms. The third-order valence-corrected chi connectivity index (χ3v) is 3.66. The van der Waals surface area contributed by atoms with Gasteiger partial charge in [0.15, 0.2) is 0 Å². The number of nitrogens with zero attached hydrogens (tertiary/aromatic N) is 5. The van der Waals surface area contributed by atoms with E-state index < -0.39 is 11.7 Å². The molecule has 146 valence electrons. The predicted octanol–water partition coefficient (Wildman–Crippen LogP) is 2.59. The zero-order valence-corrected chi connectivity index (χ0v) is 14.4. The predicted molar refractivity (Wildman–Crippen MR) is 90.0 cm³/mol. The summed E-state index contributed by atoms with van der Waals surface area (Å²) >= 11 is 0. The second-order valence-electron chi connectivity index (χ2n) is 5.69. The number of aromatic nitrogens is 5. The summed E-state index contributed by atoms with van der Waals surface area (Å²) in [7, 11) is 0. The number of ether oxygens (including phenoxy) is 1. The first-order chi connectivity index (χ1) is 13.4. The molecule has 2 heterocycles. The van der Waals surface area contributed by atoms with Crippen molar-refractivity contribution >= 4 is 5.91 Å². The Morgan fingerprint density at radius 2 is 2.07 bits per heavy atom. The van der Waals surface area contributed by atoms with E-state index in [2.05, 4.69) is 25.8 Å². The monoisotopic (exact) mass is 392 g/mol. The molecular weight excluding hydrogens is 377 g/mol. The molecule has 1 amide bonds. The minimum atomic E-state index is -4.47. The number of halogens is 3. The van der Waals surface area contributed by atoms with Crippen molar-refractivity contribution in [1.29, 1.82) is 0 Å². The summed E-state index contributed by atoms with van der Waals surface area (Å²) in [6.45, 7) is 0.427. The van der Waals surface area contributed by atoms with Gasteiger partial charge >= 0.3 is 6.18 Å². The second kappa shape index (κ2) is 8.46. The molecule has 3 rings (SSSR count). The summed E-state index contributed by atoms with van der Waals surface area (Å²) in [4.78, 5) is 16.0. The molecule has 3 aromatic rings. The summed E-state index contributed by atoms with van der Waals surface area (Å²) in [5.41, 5.74) is -0.297. The molecule has 0 aliphatic carbocycles. The van der Waals surface area contributed by atoms with Crippen molar-refractivity contribution in [2.45, 2.75) is 25.7 Å². The molecule has 11 heteroatoms. The van der Waals surface area contributed by atoms with E-state index in [1.54, 1.807) is 12.1 Å². The van der Waals surface area contributed by atoms with E-state index in [1.807, 2.05) is 0 Å². The number of hydrogen-bond acceptors (Lipinski definition) is 6. The molecule has 8 nitrogen and oxygen atoms in total. The number of alkyl halides is 3. The van der Waals surface area contributed by atoms with Crippen LogP contribution in [0.5, 0.6) is 11.6 Å². The van der Waals surface area contributed by atoms with Crippen molar-refractivity contribution in [1.82, 2.24) is 30.5 Å². The Kier molecular flexibility index (Phi) is 5.82. The third-order valence-electron chi connectivity index (χ3n) is 3.66. The van der Waals surface area contributed by atoms with Crippen LogP contribution in [0.2, 0.25) is 0 Å². The van der Waals surface area contributed by atoms with Gasteiger partial charge < -0.3 is 10.1 Å². The van der Waals surface area contributed by atoms with Crippen LogP contribution in [0.15, 0.2) is 48.9 Å². The topological polar surface area (TPSA) is 94.8 Å². The standard InChI is InChI=1S/C17H15F3N6O2/c18-17(19,20)13-4-1-5-14(9-13)28-16-12(3-2-7-21-16)10-22-15(27)6-8-26-11-23-24-25-26/h1-5,7,9,11H,6,8,10H2,(H,22,27). The largest absolute Gasteiger partial charge is 0.439 e. The summed E-state index contributed by atoms with van der Waals surface area (Å²) in [6.07, 6.45) is -1.46. The summed E-state index contributed by atoms with van der Waals surface area (Å²) in [5, 5.41) is 13.3. The average molecular weight is 392 g/mol. The molecule has 0 unspecified atom stereocenters. The number of tetrazole rings is 1. The molecule has 0 aliphatic rings. The summed E-state index contributed by atoms with van der Waals surface area (Å²) in [6, 6.07) is 7.80. The lowest BCUT2D eigenvalue weighted by molar-refractivity contribution is -0.137. The van der Waals surface area contributed by atoms with Gasteiger partial charge in [0.2, 0.25) is 11.8 Å². The van der Waals surface area contributed by atoms with Crippen LogP contribution in [0, 0.1) is 0 Å². The highest BCUT2D eigenvalue weighted by atomic mass is 19.4. The number of benzene rings is 1. The molecule has 0 atom stereocenters. The first-order valence-corrected chi connectivity index (χ1v) is 8.18. The van der Waals surface area contributed by atoms with Crippen LogP contribution in [0.3, 0.4) is 0 Å². The Hall–Kier alpha value is -3.50. The number of rotatable bonds is 7. The fourth-order valence-electron chi connectivity index (χ4n) is 2.28. The summed E-state index contributed by atoms with van der Waals surface area (Å²) in [5.74, 6) is -0.133. The van der Waals surface area contributed by atoms with Gasteiger partial charge in [-0.3, -0.25) is 4.79 Å². The van der Waals surface area contributed by atoms with Gasteiger partial charge in [0, 0.05) is 24.7 Å². The number of pyridine rings is 1. The number of amides is 1. The fraction of sp³-hybridized carbons (Fsp3) is 0.235. The molecule has 0 saturated heterocycles. The van der Waals surface area contributed by atoms with Crippen LogP contribution in [0.25, 0.3) is 0 Å². The SMILES string of the molecule is O=C(CCn1cnnn1)NCc1cccnc1Oc1cccc(C(F)(F)F)c1. The number of carbonyl (C=O) groups excluding carboxylic acids is 1. The Bertz CT molecular complexity index is 931. The van der Waals surface area contributed by atoms with Crippen molar-refractivity contribution in [3.8, 4) is 11.6 Å². The van der Waals surface area contributed by atoms with Crippen LogP contribution in [0.4, 0.5) is 13.2 Å². The van der Waals surface area contributed by atoms with Crippen LogP contribution in [0.1, 0.15) is 17.5 Å². The van der Waals surface area contributed by atoms with E-state index >= 15 is 0 Å². The van der Waals surface area contributed by atoms with Gasteiger partial charge in [-0.05, 0) is 34.7 Å². The minimum absolute atomic E-state index is 0.000200. The second-order valence-corrected chi connectivity index (χ2v) is 5.69. The third kappa shape index (κ3) is 5.25. The normalized spacial score (nSPS) is 11.2. The van der Waals surface area contributed by atoms with Crippen molar-refractivity contribution in [2.24, 2.45) is 0 Å². The number of nitrogens with one attached hydrogen (secondary N) is 1. The molecule has 0 radical (unpaired) electrons. The maximum Gasteiger partial charge on any atom is 0.416 e. The van der Waals surface area contributed by atoms with E-state index in [9.17, 15) is 18.0 Å². The van der Waals surface area contributed by atoms with Gasteiger partial charge in [0.25, 0.3) is 0 Å². The average Bonchev–Trinajstić information content (AvgIpc) is 3.19. The van der Waals surface area contributed by atoms with Crippen LogP contribution in [-0.4, -0.2) is 31.1 Å². The molecule has 0 fully saturated rings. The fourth-order valence-corrected chi connectivity index (χ4v) is 2.28. The zero-order chi connectivity index (χ0) is 20.0. The van der Waals surface area contributed by atoms with Crippen molar-refractivity contribution in [2.75, 3.05) is 0 Å². The minimum Gasteiger partial charge on any atom is -0.439 e. The molecule has 1 aromatic carbocycles. The van der Waals surface area contributed by atoms with E-state index in [0.29, 0.717) is 12.1 Å². The lowest BCUT2D eigenvalue weighted by Crippen LogP contribution is -2.24. The highest BCUT2D eigenvalue weighted by Gasteiger charge is 2.30.